The van der Waals surface area contributed by atoms with Gasteiger partial charge in [-0.2, -0.15) is 0 Å². The van der Waals surface area contributed by atoms with Crippen LogP contribution in [0.25, 0.3) is 0 Å². The molecule has 1 aliphatic carbocycles. The first-order valence-electron chi connectivity index (χ1n) is 3.22. The Morgan fingerprint density at radius 2 is 2.00 bits per heavy atom. The van der Waals surface area contributed by atoms with Crippen LogP contribution in [0.4, 0.5) is 0 Å². The molecule has 1 fully saturated rings. The second-order valence-electron chi connectivity index (χ2n) is 2.40. The predicted octanol–water partition coefficient (Wildman–Crippen LogP) is 2.20. The molecule has 1 N–H and O–H groups in total. The molecule has 0 aromatic heterocycles. The minimum absolute atomic E-state index is 0.344. The molecule has 0 heterocycles. The molecule has 0 aromatic carbocycles. The molecular formula is C6H10ClNO. The Kier molecular flexibility index (Phi) is 2.34. The molecule has 0 spiro atoms. The summed E-state index contributed by atoms with van der Waals surface area (Å²) in [6.45, 7) is 0. The highest BCUT2D eigenvalue weighted by Gasteiger charge is 2.19. The fourth-order valence-electron chi connectivity index (χ4n) is 1.25. The van der Waals surface area contributed by atoms with Crippen molar-refractivity contribution in [2.45, 2.75) is 25.7 Å². The summed E-state index contributed by atoms with van der Waals surface area (Å²) >= 11 is 5.57. The number of oxime groups is 1. The number of halogens is 1. The molecule has 0 radical (unpaired) electrons. The Morgan fingerprint density at radius 3 is 2.44 bits per heavy atom. The topological polar surface area (TPSA) is 32.6 Å². The smallest absolute Gasteiger partial charge is 0.148 e. The van der Waals surface area contributed by atoms with E-state index in [1.54, 1.807) is 0 Å². The third-order valence-corrected chi connectivity index (χ3v) is 2.17. The van der Waals surface area contributed by atoms with Gasteiger partial charge >= 0.3 is 0 Å². The van der Waals surface area contributed by atoms with Gasteiger partial charge in [0, 0.05) is 5.92 Å². The molecule has 1 saturated carbocycles. The maximum atomic E-state index is 8.25. The molecule has 1 rings (SSSR count). The van der Waals surface area contributed by atoms with Crippen molar-refractivity contribution in [3.05, 3.63) is 0 Å². The van der Waals surface area contributed by atoms with Crippen LogP contribution in [0.5, 0.6) is 0 Å². The molecule has 52 valence electrons. The Hall–Kier alpha value is -0.240. The summed E-state index contributed by atoms with van der Waals surface area (Å²) in [6.07, 6.45) is 4.61. The molecule has 0 aliphatic heterocycles. The lowest BCUT2D eigenvalue weighted by molar-refractivity contribution is 0.317. The SMILES string of the molecule is ON=C(Cl)C1CCCC1. The summed E-state index contributed by atoms with van der Waals surface area (Å²) in [7, 11) is 0. The first kappa shape index (κ1) is 6.87. The normalized spacial score (nSPS) is 23.0. The van der Waals surface area contributed by atoms with Crippen LogP contribution in [-0.2, 0) is 0 Å². The molecule has 0 bridgehead atoms. The molecule has 0 amide bonds. The largest absolute Gasteiger partial charge is 0.410 e. The van der Waals surface area contributed by atoms with Crippen LogP contribution in [0.15, 0.2) is 5.16 Å². The van der Waals surface area contributed by atoms with Crippen LogP contribution in [0, 0.1) is 5.92 Å². The van der Waals surface area contributed by atoms with Gasteiger partial charge in [0.05, 0.1) is 0 Å². The summed E-state index contributed by atoms with van der Waals surface area (Å²) in [4.78, 5) is 0. The Bertz CT molecular complexity index is 118. The minimum Gasteiger partial charge on any atom is -0.410 e. The first-order valence-corrected chi connectivity index (χ1v) is 3.60. The summed E-state index contributed by atoms with van der Waals surface area (Å²) in [6, 6.07) is 0. The Morgan fingerprint density at radius 1 is 1.44 bits per heavy atom. The average molecular weight is 148 g/mol. The lowest BCUT2D eigenvalue weighted by Gasteiger charge is -2.01. The fourth-order valence-corrected chi connectivity index (χ4v) is 1.46. The molecular weight excluding hydrogens is 138 g/mol. The van der Waals surface area contributed by atoms with Crippen molar-refractivity contribution in [3.8, 4) is 0 Å². The molecule has 0 atom stereocenters. The second kappa shape index (κ2) is 3.06. The molecule has 9 heavy (non-hydrogen) atoms. The summed E-state index contributed by atoms with van der Waals surface area (Å²) < 4.78 is 0. The van der Waals surface area contributed by atoms with Crippen LogP contribution >= 0.6 is 11.6 Å². The maximum Gasteiger partial charge on any atom is 0.148 e. The fraction of sp³-hybridized carbons (Fsp3) is 0.833. The first-order chi connectivity index (χ1) is 4.34. The van der Waals surface area contributed by atoms with E-state index in [9.17, 15) is 0 Å². The number of hydrogen-bond acceptors (Lipinski definition) is 2. The van der Waals surface area contributed by atoms with E-state index in [0.717, 1.165) is 12.8 Å². The van der Waals surface area contributed by atoms with E-state index < -0.39 is 0 Å². The van der Waals surface area contributed by atoms with Gasteiger partial charge in [-0.1, -0.05) is 29.6 Å². The van der Waals surface area contributed by atoms with Crippen molar-refractivity contribution in [2.24, 2.45) is 11.1 Å². The van der Waals surface area contributed by atoms with Crippen molar-refractivity contribution in [3.63, 3.8) is 0 Å². The Balaban J connectivity index is 2.42. The van der Waals surface area contributed by atoms with Gasteiger partial charge in [-0.05, 0) is 12.8 Å². The van der Waals surface area contributed by atoms with Crippen molar-refractivity contribution in [1.82, 2.24) is 0 Å². The van der Waals surface area contributed by atoms with Crippen LogP contribution in [0.1, 0.15) is 25.7 Å². The van der Waals surface area contributed by atoms with Gasteiger partial charge in [0.1, 0.15) is 5.17 Å². The van der Waals surface area contributed by atoms with Crippen molar-refractivity contribution >= 4 is 16.8 Å². The summed E-state index contributed by atoms with van der Waals surface area (Å²) in [5.41, 5.74) is 0. The van der Waals surface area contributed by atoms with E-state index in [4.69, 9.17) is 16.8 Å². The highest BCUT2D eigenvalue weighted by molar-refractivity contribution is 6.65. The molecule has 1 aliphatic rings. The quantitative estimate of drug-likeness (QED) is 0.344. The van der Waals surface area contributed by atoms with E-state index in [-0.39, 0.29) is 0 Å². The molecule has 0 aromatic rings. The van der Waals surface area contributed by atoms with Crippen LogP contribution in [-0.4, -0.2) is 10.4 Å². The van der Waals surface area contributed by atoms with Crippen molar-refractivity contribution in [2.75, 3.05) is 0 Å². The van der Waals surface area contributed by atoms with Gasteiger partial charge in [0.2, 0.25) is 0 Å². The summed E-state index contributed by atoms with van der Waals surface area (Å²) in [5, 5.41) is 11.6. The van der Waals surface area contributed by atoms with Gasteiger partial charge < -0.3 is 5.21 Å². The van der Waals surface area contributed by atoms with E-state index in [1.165, 1.54) is 12.8 Å². The monoisotopic (exact) mass is 147 g/mol. The van der Waals surface area contributed by atoms with E-state index in [2.05, 4.69) is 5.16 Å². The third-order valence-electron chi connectivity index (χ3n) is 1.79. The Labute approximate surface area is 59.5 Å². The molecule has 0 saturated heterocycles. The van der Waals surface area contributed by atoms with Gasteiger partial charge in [-0.3, -0.25) is 0 Å². The standard InChI is InChI=1S/C6H10ClNO/c7-6(8-9)5-3-1-2-4-5/h5,9H,1-4H2. The van der Waals surface area contributed by atoms with E-state index in [0.29, 0.717) is 11.1 Å². The number of nitrogens with zero attached hydrogens (tertiary/aromatic N) is 1. The highest BCUT2D eigenvalue weighted by atomic mass is 35.5. The molecule has 2 nitrogen and oxygen atoms in total. The zero-order valence-corrected chi connectivity index (χ0v) is 5.93. The zero-order valence-electron chi connectivity index (χ0n) is 5.18. The van der Waals surface area contributed by atoms with Crippen molar-refractivity contribution < 1.29 is 5.21 Å². The zero-order chi connectivity index (χ0) is 6.69. The van der Waals surface area contributed by atoms with Gasteiger partial charge in [0.25, 0.3) is 0 Å². The average Bonchev–Trinajstić information content (AvgIpc) is 2.37. The second-order valence-corrected chi connectivity index (χ2v) is 2.79. The molecule has 3 heteroatoms. The lowest BCUT2D eigenvalue weighted by atomic mass is 10.1. The van der Waals surface area contributed by atoms with Crippen LogP contribution in [0.2, 0.25) is 0 Å². The van der Waals surface area contributed by atoms with Gasteiger partial charge in [0.15, 0.2) is 0 Å². The number of hydrogen-bond donors (Lipinski definition) is 1. The van der Waals surface area contributed by atoms with Crippen LogP contribution in [0.3, 0.4) is 0 Å². The minimum atomic E-state index is 0.344. The summed E-state index contributed by atoms with van der Waals surface area (Å²) in [5.74, 6) is 0.344. The van der Waals surface area contributed by atoms with Gasteiger partial charge in [-0.15, -0.1) is 0 Å². The number of rotatable bonds is 1. The maximum absolute atomic E-state index is 8.25. The van der Waals surface area contributed by atoms with Gasteiger partial charge in [-0.25, -0.2) is 0 Å². The van der Waals surface area contributed by atoms with Crippen molar-refractivity contribution in [1.29, 1.82) is 0 Å². The predicted molar refractivity (Wildman–Crippen MR) is 37.0 cm³/mol. The lowest BCUT2D eigenvalue weighted by Crippen LogP contribution is -2.02. The highest BCUT2D eigenvalue weighted by Crippen LogP contribution is 2.26. The third kappa shape index (κ3) is 1.58. The van der Waals surface area contributed by atoms with Crippen LogP contribution < -0.4 is 0 Å². The van der Waals surface area contributed by atoms with E-state index in [1.807, 2.05) is 0 Å². The van der Waals surface area contributed by atoms with E-state index >= 15 is 0 Å². The molecule has 0 unspecified atom stereocenters.